The van der Waals surface area contributed by atoms with Crippen molar-refractivity contribution in [1.29, 1.82) is 5.26 Å². The zero-order chi connectivity index (χ0) is 24.8. The molecular weight excluding hydrogens is 457 g/mol. The van der Waals surface area contributed by atoms with Crippen molar-refractivity contribution in [1.82, 2.24) is 14.8 Å². The van der Waals surface area contributed by atoms with Crippen LogP contribution in [0.2, 0.25) is 0 Å². The van der Waals surface area contributed by atoms with Gasteiger partial charge in [0.25, 0.3) is 5.56 Å². The molecule has 172 valence electrons. The van der Waals surface area contributed by atoms with Gasteiger partial charge < -0.3 is 20.4 Å². The number of nitrogens with zero attached hydrogens (tertiary/aromatic N) is 4. The molecule has 0 bridgehead atoms. The van der Waals surface area contributed by atoms with Crippen LogP contribution in [0.3, 0.4) is 0 Å². The first-order valence-electron chi connectivity index (χ1n) is 9.43. The van der Waals surface area contributed by atoms with Crippen molar-refractivity contribution in [3.8, 4) is 23.0 Å². The summed E-state index contributed by atoms with van der Waals surface area (Å²) in [5.74, 6) is -0.857. The van der Waals surface area contributed by atoms with Crippen molar-refractivity contribution in [3.05, 3.63) is 87.6 Å². The molecule has 0 radical (unpaired) electrons. The number of benzene rings is 2. The normalized spacial score (nSPS) is 12.1. The van der Waals surface area contributed by atoms with Crippen LogP contribution in [-0.4, -0.2) is 35.2 Å². The molecule has 0 aliphatic heterocycles. The largest absolute Gasteiger partial charge is 0.345 e. The van der Waals surface area contributed by atoms with Gasteiger partial charge in [-0.25, -0.2) is 4.39 Å². The van der Waals surface area contributed by atoms with E-state index in [1.54, 1.807) is 6.07 Å². The zero-order valence-electron chi connectivity index (χ0n) is 16.8. The first kappa shape index (κ1) is 23.0. The highest BCUT2D eigenvalue weighted by Crippen LogP contribution is 2.39. The Morgan fingerprint density at radius 3 is 2.38 bits per heavy atom. The molecule has 0 aliphatic carbocycles. The minimum Gasteiger partial charge on any atom is -0.336 e. The Hall–Kier alpha value is -4.15. The summed E-state index contributed by atoms with van der Waals surface area (Å²) in [6, 6.07) is 1.78. The van der Waals surface area contributed by atoms with Crippen molar-refractivity contribution < 1.29 is 33.6 Å². The standard InChI is InChI=1S/C22H13F3N4O5/c23-16-7-6-12(9-11(16)10-26)29-20(30)14-4-2-8-27-18(14)19(28-29)13-3-1-5-15(21(24,31)32)17(13)22(25,33)34/h1-9,31-34H. The number of alkyl halides is 2. The monoisotopic (exact) mass is 470 g/mol. The van der Waals surface area contributed by atoms with Crippen LogP contribution in [0.25, 0.3) is 27.8 Å². The molecular formula is C22H13F3N4O5. The van der Waals surface area contributed by atoms with Crippen LogP contribution < -0.4 is 5.56 Å². The maximum absolute atomic E-state index is 14.4. The third-order valence-corrected chi connectivity index (χ3v) is 4.95. The van der Waals surface area contributed by atoms with Crippen LogP contribution >= 0.6 is 0 Å². The van der Waals surface area contributed by atoms with Crippen molar-refractivity contribution in [2.45, 2.75) is 12.1 Å². The molecule has 0 fully saturated rings. The van der Waals surface area contributed by atoms with E-state index in [-0.39, 0.29) is 22.3 Å². The fourth-order valence-corrected chi connectivity index (χ4v) is 3.52. The number of hydrogen-bond donors (Lipinski definition) is 4. The van der Waals surface area contributed by atoms with Gasteiger partial charge in [0.2, 0.25) is 0 Å². The van der Waals surface area contributed by atoms with Gasteiger partial charge in [-0.2, -0.15) is 23.8 Å². The second-order valence-corrected chi connectivity index (χ2v) is 7.14. The van der Waals surface area contributed by atoms with Crippen LogP contribution in [0.1, 0.15) is 16.7 Å². The molecule has 2 aromatic heterocycles. The zero-order valence-corrected chi connectivity index (χ0v) is 16.8. The van der Waals surface area contributed by atoms with Gasteiger partial charge in [0.05, 0.1) is 27.8 Å². The number of fused-ring (bicyclic) bond motifs is 1. The molecule has 4 N–H and O–H groups in total. The van der Waals surface area contributed by atoms with Crippen molar-refractivity contribution in [2.24, 2.45) is 0 Å². The minimum absolute atomic E-state index is 0.0729. The molecule has 12 heteroatoms. The van der Waals surface area contributed by atoms with Gasteiger partial charge in [-0.15, -0.1) is 0 Å². The van der Waals surface area contributed by atoms with Crippen LogP contribution in [0.15, 0.2) is 59.5 Å². The van der Waals surface area contributed by atoms with Gasteiger partial charge in [0.1, 0.15) is 23.1 Å². The van der Waals surface area contributed by atoms with Gasteiger partial charge in [-0.1, -0.05) is 18.2 Å². The van der Waals surface area contributed by atoms with Crippen LogP contribution in [0, 0.1) is 17.1 Å². The number of nitriles is 1. The lowest BCUT2D eigenvalue weighted by molar-refractivity contribution is -0.290. The molecule has 0 saturated carbocycles. The Balaban J connectivity index is 2.15. The van der Waals surface area contributed by atoms with Crippen LogP contribution in [-0.2, 0) is 12.1 Å². The fourth-order valence-electron chi connectivity index (χ4n) is 3.52. The number of halogens is 3. The third kappa shape index (κ3) is 3.89. The number of aromatic nitrogens is 3. The molecule has 0 amide bonds. The van der Waals surface area contributed by atoms with Gasteiger partial charge in [-0.05, 0) is 30.3 Å². The Labute approximate surface area is 187 Å². The highest BCUT2D eigenvalue weighted by Gasteiger charge is 2.40. The number of aliphatic hydroxyl groups is 4. The maximum Gasteiger partial charge on any atom is 0.345 e. The molecule has 2 aromatic carbocycles. The van der Waals surface area contributed by atoms with Crippen molar-refractivity contribution >= 4 is 10.9 Å². The summed E-state index contributed by atoms with van der Waals surface area (Å²) >= 11 is 0. The van der Waals surface area contributed by atoms with Crippen LogP contribution in [0.5, 0.6) is 0 Å². The highest BCUT2D eigenvalue weighted by molar-refractivity contribution is 5.91. The van der Waals surface area contributed by atoms with Gasteiger partial charge in [-0.3, -0.25) is 9.78 Å². The molecule has 2 heterocycles. The Morgan fingerprint density at radius 1 is 1.00 bits per heavy atom. The summed E-state index contributed by atoms with van der Waals surface area (Å²) < 4.78 is 43.0. The first-order valence-corrected chi connectivity index (χ1v) is 9.43. The summed E-state index contributed by atoms with van der Waals surface area (Å²) in [6.45, 7) is 0. The lowest BCUT2D eigenvalue weighted by Crippen LogP contribution is -2.29. The summed E-state index contributed by atoms with van der Waals surface area (Å²) in [5.41, 5.74) is -4.90. The minimum atomic E-state index is -4.28. The second-order valence-electron chi connectivity index (χ2n) is 7.14. The molecule has 9 nitrogen and oxygen atoms in total. The topological polar surface area (TPSA) is 152 Å². The van der Waals surface area contributed by atoms with E-state index in [4.69, 9.17) is 5.26 Å². The summed E-state index contributed by atoms with van der Waals surface area (Å²) in [6.07, 6.45) is 1.25. The van der Waals surface area contributed by atoms with Crippen LogP contribution in [0.4, 0.5) is 13.2 Å². The average molecular weight is 470 g/mol. The Morgan fingerprint density at radius 2 is 1.74 bits per heavy atom. The maximum atomic E-state index is 14.4. The predicted octanol–water partition coefficient (Wildman–Crippen LogP) is 1.59. The van der Waals surface area contributed by atoms with Gasteiger partial charge in [0.15, 0.2) is 0 Å². The second kappa shape index (κ2) is 8.01. The van der Waals surface area contributed by atoms with E-state index in [1.807, 2.05) is 0 Å². The molecule has 4 aromatic rings. The van der Waals surface area contributed by atoms with E-state index in [2.05, 4.69) is 10.1 Å². The third-order valence-electron chi connectivity index (χ3n) is 4.95. The molecule has 0 spiro atoms. The molecule has 0 unspecified atom stereocenters. The lowest BCUT2D eigenvalue weighted by Gasteiger charge is -2.23. The van der Waals surface area contributed by atoms with Gasteiger partial charge >= 0.3 is 12.1 Å². The van der Waals surface area contributed by atoms with E-state index < -0.39 is 45.7 Å². The molecule has 0 saturated heterocycles. The molecule has 4 rings (SSSR count). The molecule has 34 heavy (non-hydrogen) atoms. The Kier molecular flexibility index (Phi) is 5.42. The van der Waals surface area contributed by atoms with E-state index in [0.29, 0.717) is 6.07 Å². The summed E-state index contributed by atoms with van der Waals surface area (Å²) in [5, 5.41) is 51.3. The first-order chi connectivity index (χ1) is 15.9. The predicted molar refractivity (Wildman–Crippen MR) is 110 cm³/mol. The van der Waals surface area contributed by atoms with E-state index >= 15 is 0 Å². The van der Waals surface area contributed by atoms with E-state index in [1.165, 1.54) is 18.3 Å². The highest BCUT2D eigenvalue weighted by atomic mass is 19.2. The van der Waals surface area contributed by atoms with E-state index in [0.717, 1.165) is 35.0 Å². The molecule has 0 aliphatic rings. The van der Waals surface area contributed by atoms with Crippen molar-refractivity contribution in [3.63, 3.8) is 0 Å². The molecule has 0 atom stereocenters. The summed E-state index contributed by atoms with van der Waals surface area (Å²) in [7, 11) is 0. The smallest absolute Gasteiger partial charge is 0.336 e. The number of pyridine rings is 1. The van der Waals surface area contributed by atoms with Crippen molar-refractivity contribution in [2.75, 3.05) is 0 Å². The number of rotatable bonds is 4. The SMILES string of the molecule is N#Cc1cc(-n2nc(-c3cccc(C(O)(O)F)c3C(O)(O)F)c3ncccc3c2=O)ccc1F. The average Bonchev–Trinajstić information content (AvgIpc) is 2.78. The Bertz CT molecular complexity index is 1540. The van der Waals surface area contributed by atoms with Gasteiger partial charge in [0, 0.05) is 11.8 Å². The quantitative estimate of drug-likeness (QED) is 0.328. The lowest BCUT2D eigenvalue weighted by atomic mass is 9.95. The number of hydrogen-bond acceptors (Lipinski definition) is 8. The summed E-state index contributed by atoms with van der Waals surface area (Å²) in [4.78, 5) is 17.1. The fraction of sp³-hybridized carbons (Fsp3) is 0.0909. The van der Waals surface area contributed by atoms with E-state index in [9.17, 15) is 38.4 Å².